The van der Waals surface area contributed by atoms with Crippen LogP contribution >= 0.6 is 11.6 Å². The van der Waals surface area contributed by atoms with Gasteiger partial charge in [0.25, 0.3) is 5.91 Å². The van der Waals surface area contributed by atoms with Crippen LogP contribution in [0.25, 0.3) is 0 Å². The molecule has 0 spiro atoms. The molecule has 0 bridgehead atoms. The highest BCUT2D eigenvalue weighted by molar-refractivity contribution is 6.33. The van der Waals surface area contributed by atoms with Gasteiger partial charge in [-0.2, -0.15) is 0 Å². The van der Waals surface area contributed by atoms with Crippen molar-refractivity contribution >= 4 is 23.3 Å². The highest BCUT2D eigenvalue weighted by Crippen LogP contribution is 2.34. The Hall–Kier alpha value is -1.33. The van der Waals surface area contributed by atoms with Gasteiger partial charge < -0.3 is 10.3 Å². The number of aromatic nitrogens is 1. The van der Waals surface area contributed by atoms with Crippen molar-refractivity contribution in [2.45, 2.75) is 33.6 Å². The second-order valence-electron chi connectivity index (χ2n) is 6.60. The number of anilines is 1. The molecule has 116 valence electrons. The molecule has 1 aromatic heterocycles. The number of hydrogen-bond acceptors (Lipinski definition) is 4. The summed E-state index contributed by atoms with van der Waals surface area (Å²) in [5, 5.41) is 0.358. The Balaban J connectivity index is 2.09. The molecule has 0 unspecified atom stereocenters. The van der Waals surface area contributed by atoms with Crippen molar-refractivity contribution in [3.8, 4) is 0 Å². The highest BCUT2D eigenvalue weighted by atomic mass is 35.5. The molecular formula is C15H23ClN4O. The number of nitrogens with zero attached hydrogens (tertiary/aromatic N) is 2. The number of piperidine rings is 1. The summed E-state index contributed by atoms with van der Waals surface area (Å²) >= 11 is 6.09. The van der Waals surface area contributed by atoms with Gasteiger partial charge in [0.05, 0.1) is 5.02 Å². The summed E-state index contributed by atoms with van der Waals surface area (Å²) in [6.07, 6.45) is 2.03. The molecule has 5 nitrogen and oxygen atoms in total. The number of hydrazine groups is 1. The number of carbonyl (C=O) groups is 1. The molecule has 2 heterocycles. The van der Waals surface area contributed by atoms with Gasteiger partial charge in [-0.05, 0) is 36.3 Å². The number of likely N-dealkylation sites (tertiary alicyclic amines) is 1. The molecule has 1 aromatic rings. The maximum Gasteiger partial charge on any atom is 0.274 e. The van der Waals surface area contributed by atoms with Crippen LogP contribution in [-0.2, 0) is 0 Å². The Labute approximate surface area is 130 Å². The van der Waals surface area contributed by atoms with E-state index >= 15 is 0 Å². The zero-order valence-electron chi connectivity index (χ0n) is 12.8. The Kier molecular flexibility index (Phi) is 4.74. The first-order valence-electron chi connectivity index (χ1n) is 7.25. The summed E-state index contributed by atoms with van der Waals surface area (Å²) in [4.78, 5) is 18.6. The van der Waals surface area contributed by atoms with E-state index in [1.54, 1.807) is 12.1 Å². The van der Waals surface area contributed by atoms with E-state index in [0.717, 1.165) is 25.9 Å². The SMILES string of the molecule is CC(C)(C)C1CCN(C(=O)c2nc(NN)ccc2Cl)CC1. The minimum absolute atomic E-state index is 0.121. The van der Waals surface area contributed by atoms with Crippen LogP contribution in [0.2, 0.25) is 5.02 Å². The number of rotatable bonds is 2. The number of amides is 1. The number of carbonyl (C=O) groups excluding carboxylic acids is 1. The molecule has 0 saturated carbocycles. The lowest BCUT2D eigenvalue weighted by molar-refractivity contribution is 0.0603. The first-order valence-corrected chi connectivity index (χ1v) is 7.63. The Bertz CT molecular complexity index is 519. The van der Waals surface area contributed by atoms with E-state index in [9.17, 15) is 4.79 Å². The molecule has 21 heavy (non-hydrogen) atoms. The molecule has 3 N–H and O–H groups in total. The fraction of sp³-hybridized carbons (Fsp3) is 0.600. The van der Waals surface area contributed by atoms with Crippen molar-refractivity contribution < 1.29 is 4.79 Å². The molecule has 1 fully saturated rings. The predicted molar refractivity (Wildman–Crippen MR) is 85.1 cm³/mol. The number of halogens is 1. The zero-order valence-corrected chi connectivity index (χ0v) is 13.6. The monoisotopic (exact) mass is 310 g/mol. The zero-order chi connectivity index (χ0) is 15.6. The van der Waals surface area contributed by atoms with Gasteiger partial charge in [-0.25, -0.2) is 10.8 Å². The minimum Gasteiger partial charge on any atom is -0.337 e. The summed E-state index contributed by atoms with van der Waals surface area (Å²) in [6.45, 7) is 8.26. The molecule has 1 saturated heterocycles. The lowest BCUT2D eigenvalue weighted by Crippen LogP contribution is -2.41. The molecule has 1 amide bonds. The summed E-state index contributed by atoms with van der Waals surface area (Å²) in [5.41, 5.74) is 2.99. The Morgan fingerprint density at radius 1 is 1.38 bits per heavy atom. The van der Waals surface area contributed by atoms with E-state index in [-0.39, 0.29) is 17.0 Å². The molecule has 0 aliphatic carbocycles. The second kappa shape index (κ2) is 6.20. The molecule has 1 aliphatic rings. The fourth-order valence-electron chi connectivity index (χ4n) is 2.77. The standard InChI is InChI=1S/C15H23ClN4O/c1-15(2,3)10-6-8-20(9-7-10)14(21)13-11(16)4-5-12(18-13)19-17/h4-5,10H,6-9,17H2,1-3H3,(H,18,19). The van der Waals surface area contributed by atoms with Crippen molar-refractivity contribution in [1.29, 1.82) is 0 Å². The van der Waals surface area contributed by atoms with Crippen LogP contribution < -0.4 is 11.3 Å². The normalized spacial score (nSPS) is 16.9. The van der Waals surface area contributed by atoms with Gasteiger partial charge in [-0.1, -0.05) is 32.4 Å². The minimum atomic E-state index is -0.121. The quantitative estimate of drug-likeness (QED) is 0.651. The van der Waals surface area contributed by atoms with Crippen molar-refractivity contribution in [3.05, 3.63) is 22.8 Å². The summed E-state index contributed by atoms with van der Waals surface area (Å²) < 4.78 is 0. The van der Waals surface area contributed by atoms with E-state index in [0.29, 0.717) is 16.8 Å². The molecular weight excluding hydrogens is 288 g/mol. The molecule has 0 atom stereocenters. The van der Waals surface area contributed by atoms with Crippen molar-refractivity contribution in [1.82, 2.24) is 9.88 Å². The summed E-state index contributed by atoms with van der Waals surface area (Å²) in [6, 6.07) is 3.28. The van der Waals surface area contributed by atoms with Crippen LogP contribution in [0.3, 0.4) is 0 Å². The molecule has 0 aromatic carbocycles. The van der Waals surface area contributed by atoms with E-state index in [1.807, 2.05) is 4.90 Å². The third kappa shape index (κ3) is 3.66. The Morgan fingerprint density at radius 2 is 2.00 bits per heavy atom. The average molecular weight is 311 g/mol. The largest absolute Gasteiger partial charge is 0.337 e. The van der Waals surface area contributed by atoms with Crippen LogP contribution in [-0.4, -0.2) is 28.9 Å². The van der Waals surface area contributed by atoms with Gasteiger partial charge in [0.2, 0.25) is 0 Å². The average Bonchev–Trinajstić information content (AvgIpc) is 2.46. The maximum atomic E-state index is 12.6. The van der Waals surface area contributed by atoms with E-state index in [4.69, 9.17) is 17.4 Å². The first-order chi connectivity index (χ1) is 9.82. The van der Waals surface area contributed by atoms with Gasteiger partial charge >= 0.3 is 0 Å². The first kappa shape index (κ1) is 16.0. The van der Waals surface area contributed by atoms with Crippen molar-refractivity contribution in [3.63, 3.8) is 0 Å². The third-order valence-corrected chi connectivity index (χ3v) is 4.51. The third-order valence-electron chi connectivity index (χ3n) is 4.20. The Morgan fingerprint density at radius 3 is 2.52 bits per heavy atom. The lowest BCUT2D eigenvalue weighted by atomic mass is 9.75. The van der Waals surface area contributed by atoms with Crippen LogP contribution in [0.1, 0.15) is 44.1 Å². The van der Waals surface area contributed by atoms with E-state index in [2.05, 4.69) is 31.2 Å². The number of hydrogen-bond donors (Lipinski definition) is 2. The number of nitrogen functional groups attached to an aromatic ring is 1. The number of nitrogens with one attached hydrogen (secondary N) is 1. The lowest BCUT2D eigenvalue weighted by Gasteiger charge is -2.38. The topological polar surface area (TPSA) is 71.2 Å². The van der Waals surface area contributed by atoms with Crippen LogP contribution in [0.15, 0.2) is 12.1 Å². The molecule has 6 heteroatoms. The van der Waals surface area contributed by atoms with Crippen LogP contribution in [0.5, 0.6) is 0 Å². The number of pyridine rings is 1. The van der Waals surface area contributed by atoms with Crippen LogP contribution in [0.4, 0.5) is 5.82 Å². The maximum absolute atomic E-state index is 12.6. The van der Waals surface area contributed by atoms with Crippen molar-refractivity contribution in [2.75, 3.05) is 18.5 Å². The van der Waals surface area contributed by atoms with Gasteiger partial charge in [0, 0.05) is 13.1 Å². The number of nitrogens with two attached hydrogens (primary N) is 1. The van der Waals surface area contributed by atoms with Crippen molar-refractivity contribution in [2.24, 2.45) is 17.2 Å². The van der Waals surface area contributed by atoms with Gasteiger partial charge in [-0.3, -0.25) is 4.79 Å². The smallest absolute Gasteiger partial charge is 0.274 e. The van der Waals surface area contributed by atoms with Gasteiger partial charge in [-0.15, -0.1) is 0 Å². The molecule has 2 rings (SSSR count). The second-order valence-corrected chi connectivity index (χ2v) is 7.01. The molecule has 0 radical (unpaired) electrons. The highest BCUT2D eigenvalue weighted by Gasteiger charge is 2.31. The predicted octanol–water partition coefficient (Wildman–Crippen LogP) is 2.92. The van der Waals surface area contributed by atoms with Crippen LogP contribution in [0, 0.1) is 11.3 Å². The summed E-state index contributed by atoms with van der Waals surface area (Å²) in [5.74, 6) is 6.29. The fourth-order valence-corrected chi connectivity index (χ4v) is 2.96. The van der Waals surface area contributed by atoms with E-state index < -0.39 is 0 Å². The summed E-state index contributed by atoms with van der Waals surface area (Å²) in [7, 11) is 0. The van der Waals surface area contributed by atoms with E-state index in [1.165, 1.54) is 0 Å². The molecule has 1 aliphatic heterocycles. The van der Waals surface area contributed by atoms with Gasteiger partial charge in [0.15, 0.2) is 0 Å². The van der Waals surface area contributed by atoms with Gasteiger partial charge in [0.1, 0.15) is 11.5 Å².